The SMILES string of the molecule is CN1CCOC(CNC(=O)C2(C(F)(F)F)CCN(Cc3ccccc3)C2)C1. The van der Waals surface area contributed by atoms with Crippen molar-refractivity contribution in [1.29, 1.82) is 0 Å². The Morgan fingerprint density at radius 3 is 2.70 bits per heavy atom. The number of likely N-dealkylation sites (tertiary alicyclic amines) is 1. The van der Waals surface area contributed by atoms with Gasteiger partial charge in [0.05, 0.1) is 12.7 Å². The van der Waals surface area contributed by atoms with Crippen LogP contribution in [0, 0.1) is 5.41 Å². The molecule has 0 aliphatic carbocycles. The second kappa shape index (κ2) is 8.16. The summed E-state index contributed by atoms with van der Waals surface area (Å²) in [6.07, 6.45) is -5.09. The minimum absolute atomic E-state index is 0.0969. The molecule has 150 valence electrons. The van der Waals surface area contributed by atoms with E-state index in [-0.39, 0.29) is 32.2 Å². The summed E-state index contributed by atoms with van der Waals surface area (Å²) in [6.45, 7) is 2.33. The molecule has 0 aromatic heterocycles. The zero-order chi connectivity index (χ0) is 19.5. The van der Waals surface area contributed by atoms with Crippen LogP contribution in [0.4, 0.5) is 13.2 Å². The van der Waals surface area contributed by atoms with Crippen LogP contribution in [-0.4, -0.2) is 74.4 Å². The highest BCUT2D eigenvalue weighted by Gasteiger charge is 2.62. The van der Waals surface area contributed by atoms with Gasteiger partial charge in [0.2, 0.25) is 5.91 Å². The largest absolute Gasteiger partial charge is 0.404 e. The molecule has 2 saturated heterocycles. The van der Waals surface area contributed by atoms with Gasteiger partial charge in [-0.25, -0.2) is 0 Å². The number of ether oxygens (including phenoxy) is 1. The summed E-state index contributed by atoms with van der Waals surface area (Å²) in [6, 6.07) is 9.34. The predicted molar refractivity (Wildman–Crippen MR) is 95.1 cm³/mol. The number of halogens is 3. The lowest BCUT2D eigenvalue weighted by Gasteiger charge is -2.33. The average molecular weight is 385 g/mol. The Bertz CT molecular complexity index is 641. The Kier molecular flexibility index (Phi) is 6.08. The van der Waals surface area contributed by atoms with Gasteiger partial charge in [-0.2, -0.15) is 13.2 Å². The van der Waals surface area contributed by atoms with Crippen LogP contribution in [0.2, 0.25) is 0 Å². The molecule has 2 aliphatic rings. The molecule has 2 fully saturated rings. The molecule has 0 saturated carbocycles. The third-order valence-electron chi connectivity index (χ3n) is 5.41. The van der Waals surface area contributed by atoms with Crippen LogP contribution in [-0.2, 0) is 16.1 Å². The third kappa shape index (κ3) is 4.62. The second-order valence-electron chi connectivity index (χ2n) is 7.49. The fraction of sp³-hybridized carbons (Fsp3) is 0.632. The van der Waals surface area contributed by atoms with Crippen LogP contribution in [0.15, 0.2) is 30.3 Å². The van der Waals surface area contributed by atoms with E-state index in [1.165, 1.54) is 0 Å². The highest BCUT2D eigenvalue weighted by Crippen LogP contribution is 2.46. The number of amides is 1. The minimum Gasteiger partial charge on any atom is -0.374 e. The maximum atomic E-state index is 13.9. The van der Waals surface area contributed by atoms with Crippen molar-refractivity contribution in [2.24, 2.45) is 5.41 Å². The molecule has 2 aliphatic heterocycles. The summed E-state index contributed by atoms with van der Waals surface area (Å²) in [7, 11) is 1.92. The summed E-state index contributed by atoms with van der Waals surface area (Å²) in [4.78, 5) is 16.3. The van der Waals surface area contributed by atoms with Crippen LogP contribution in [0.5, 0.6) is 0 Å². The Morgan fingerprint density at radius 2 is 2.04 bits per heavy atom. The van der Waals surface area contributed by atoms with E-state index in [1.54, 1.807) is 4.90 Å². The first-order chi connectivity index (χ1) is 12.8. The lowest BCUT2D eigenvalue weighted by atomic mass is 9.85. The topological polar surface area (TPSA) is 44.8 Å². The van der Waals surface area contributed by atoms with Gasteiger partial charge in [0.1, 0.15) is 0 Å². The zero-order valence-electron chi connectivity index (χ0n) is 15.5. The first kappa shape index (κ1) is 20.1. The van der Waals surface area contributed by atoms with E-state index < -0.39 is 17.5 Å². The van der Waals surface area contributed by atoms with Crippen molar-refractivity contribution < 1.29 is 22.7 Å². The summed E-state index contributed by atoms with van der Waals surface area (Å²) in [5.74, 6) is -0.942. The first-order valence-electron chi connectivity index (χ1n) is 9.22. The lowest BCUT2D eigenvalue weighted by Crippen LogP contribution is -2.55. The molecule has 27 heavy (non-hydrogen) atoms. The van der Waals surface area contributed by atoms with Gasteiger partial charge in [0.15, 0.2) is 5.41 Å². The number of alkyl halides is 3. The van der Waals surface area contributed by atoms with Crippen molar-refractivity contribution in [2.75, 3.05) is 46.4 Å². The van der Waals surface area contributed by atoms with E-state index in [0.717, 1.165) is 12.1 Å². The highest BCUT2D eigenvalue weighted by molar-refractivity contribution is 5.84. The summed E-state index contributed by atoms with van der Waals surface area (Å²) in [5.41, 5.74) is -1.42. The molecule has 1 aromatic rings. The molecule has 0 bridgehead atoms. The van der Waals surface area contributed by atoms with Gasteiger partial charge >= 0.3 is 6.18 Å². The van der Waals surface area contributed by atoms with Crippen LogP contribution >= 0.6 is 0 Å². The number of hydrogen-bond donors (Lipinski definition) is 1. The maximum absolute atomic E-state index is 13.9. The van der Waals surface area contributed by atoms with Crippen LogP contribution < -0.4 is 5.32 Å². The van der Waals surface area contributed by atoms with Gasteiger partial charge in [0.25, 0.3) is 0 Å². The minimum atomic E-state index is -4.59. The van der Waals surface area contributed by atoms with Crippen molar-refractivity contribution in [2.45, 2.75) is 25.2 Å². The smallest absolute Gasteiger partial charge is 0.374 e. The van der Waals surface area contributed by atoms with Gasteiger partial charge < -0.3 is 15.0 Å². The maximum Gasteiger partial charge on any atom is 0.404 e. The van der Waals surface area contributed by atoms with Crippen molar-refractivity contribution in [3.63, 3.8) is 0 Å². The van der Waals surface area contributed by atoms with Gasteiger partial charge in [0, 0.05) is 32.7 Å². The van der Waals surface area contributed by atoms with Gasteiger partial charge in [-0.1, -0.05) is 30.3 Å². The molecule has 1 amide bonds. The van der Waals surface area contributed by atoms with Gasteiger partial charge in [-0.3, -0.25) is 9.69 Å². The monoisotopic (exact) mass is 385 g/mol. The van der Waals surface area contributed by atoms with E-state index in [4.69, 9.17) is 4.74 Å². The molecule has 5 nitrogen and oxygen atoms in total. The van der Waals surface area contributed by atoms with E-state index in [1.807, 2.05) is 42.3 Å². The average Bonchev–Trinajstić information content (AvgIpc) is 3.06. The number of nitrogens with one attached hydrogen (secondary N) is 1. The molecule has 0 radical (unpaired) electrons. The van der Waals surface area contributed by atoms with Crippen molar-refractivity contribution >= 4 is 5.91 Å². The molecular weight excluding hydrogens is 359 g/mol. The molecule has 2 atom stereocenters. The number of nitrogens with zero attached hydrogens (tertiary/aromatic N) is 2. The van der Waals surface area contributed by atoms with Crippen LogP contribution in [0.25, 0.3) is 0 Å². The third-order valence-corrected chi connectivity index (χ3v) is 5.41. The van der Waals surface area contributed by atoms with Crippen molar-refractivity contribution in [1.82, 2.24) is 15.1 Å². The molecule has 3 rings (SSSR count). The molecule has 2 heterocycles. The number of hydrogen-bond acceptors (Lipinski definition) is 4. The standard InChI is InChI=1S/C19H26F3N3O2/c1-24-9-10-27-16(13-24)11-23-17(26)18(19(20,21)22)7-8-25(14-18)12-15-5-3-2-4-6-15/h2-6,16H,7-14H2,1H3,(H,23,26). The summed E-state index contributed by atoms with van der Waals surface area (Å²) < 4.78 is 47.2. The predicted octanol–water partition coefficient (Wildman–Crippen LogP) is 1.89. The number of benzene rings is 1. The Morgan fingerprint density at radius 1 is 1.30 bits per heavy atom. The van der Waals surface area contributed by atoms with E-state index in [0.29, 0.717) is 19.7 Å². The van der Waals surface area contributed by atoms with E-state index in [9.17, 15) is 18.0 Å². The molecule has 0 spiro atoms. The number of rotatable bonds is 5. The first-order valence-corrected chi connectivity index (χ1v) is 9.22. The second-order valence-corrected chi connectivity index (χ2v) is 7.49. The normalized spacial score (nSPS) is 27.6. The summed E-state index contributed by atoms with van der Waals surface area (Å²) >= 11 is 0. The van der Waals surface area contributed by atoms with Crippen molar-refractivity contribution in [3.8, 4) is 0 Å². The fourth-order valence-electron chi connectivity index (χ4n) is 3.78. The quantitative estimate of drug-likeness (QED) is 0.841. The number of morpholine rings is 1. The van der Waals surface area contributed by atoms with Gasteiger partial charge in [-0.05, 0) is 25.6 Å². The highest BCUT2D eigenvalue weighted by atomic mass is 19.4. The molecular formula is C19H26F3N3O2. The molecule has 8 heteroatoms. The molecule has 1 N–H and O–H groups in total. The Labute approximate surface area is 157 Å². The van der Waals surface area contributed by atoms with Crippen LogP contribution in [0.1, 0.15) is 12.0 Å². The molecule has 2 unspecified atom stereocenters. The number of carbonyl (C=O) groups is 1. The zero-order valence-corrected chi connectivity index (χ0v) is 15.5. The lowest BCUT2D eigenvalue weighted by molar-refractivity contribution is -0.218. The fourth-order valence-corrected chi connectivity index (χ4v) is 3.78. The van der Waals surface area contributed by atoms with E-state index >= 15 is 0 Å². The summed E-state index contributed by atoms with van der Waals surface area (Å²) in [5, 5.41) is 2.51. The van der Waals surface area contributed by atoms with E-state index in [2.05, 4.69) is 5.32 Å². The number of likely N-dealkylation sites (N-methyl/N-ethyl adjacent to an activating group) is 1. The Balaban J connectivity index is 1.64. The Hall–Kier alpha value is -1.64. The van der Waals surface area contributed by atoms with Crippen molar-refractivity contribution in [3.05, 3.63) is 35.9 Å². The van der Waals surface area contributed by atoms with Crippen LogP contribution in [0.3, 0.4) is 0 Å². The number of carbonyl (C=O) groups excluding carboxylic acids is 1. The molecule has 1 aromatic carbocycles. The van der Waals surface area contributed by atoms with Gasteiger partial charge in [-0.15, -0.1) is 0 Å².